The average Bonchev–Trinajstić information content (AvgIpc) is 3.64. The van der Waals surface area contributed by atoms with Gasteiger partial charge in [0.15, 0.2) is 5.82 Å². The minimum atomic E-state index is 0.255. The van der Waals surface area contributed by atoms with Crippen molar-refractivity contribution in [1.82, 2.24) is 34.8 Å². The number of fused-ring (bicyclic) bond motifs is 4. The van der Waals surface area contributed by atoms with E-state index in [0.29, 0.717) is 23.1 Å². The van der Waals surface area contributed by atoms with Gasteiger partial charge in [0.1, 0.15) is 34.7 Å². The number of carbonyl (C=O) groups excluding carboxylic acids is 1. The van der Waals surface area contributed by atoms with Crippen LogP contribution in [-0.2, 0) is 11.8 Å². The van der Waals surface area contributed by atoms with Crippen LogP contribution >= 0.6 is 0 Å². The highest BCUT2D eigenvalue weighted by Gasteiger charge is 2.43. The summed E-state index contributed by atoms with van der Waals surface area (Å²) in [5, 5.41) is 11.6. The van der Waals surface area contributed by atoms with E-state index in [-0.39, 0.29) is 6.04 Å². The van der Waals surface area contributed by atoms with E-state index in [1.165, 1.54) is 0 Å². The largest absolute Gasteiger partial charge is 0.457 e. The predicted octanol–water partition coefficient (Wildman–Crippen LogP) is 3.57. The Kier molecular flexibility index (Phi) is 5.10. The average molecular weight is 508 g/mol. The first-order chi connectivity index (χ1) is 18.6. The number of piperazine rings is 1. The van der Waals surface area contributed by atoms with Crippen LogP contribution in [0.3, 0.4) is 0 Å². The van der Waals surface area contributed by atoms with Crippen molar-refractivity contribution in [2.45, 2.75) is 25.4 Å². The van der Waals surface area contributed by atoms with Gasteiger partial charge in [0.05, 0.1) is 23.1 Å². The number of hydrogen-bond donors (Lipinski definition) is 1. The highest BCUT2D eigenvalue weighted by Crippen LogP contribution is 2.35. The topological polar surface area (TPSA) is 114 Å². The summed E-state index contributed by atoms with van der Waals surface area (Å²) in [6.45, 7) is 3.54. The lowest BCUT2D eigenvalue weighted by Crippen LogP contribution is -2.46. The van der Waals surface area contributed by atoms with Gasteiger partial charge in [-0.05, 0) is 61.4 Å². The third-order valence-corrected chi connectivity index (χ3v) is 7.43. The minimum absolute atomic E-state index is 0.255. The van der Waals surface area contributed by atoms with Crippen molar-refractivity contribution >= 4 is 45.8 Å². The van der Waals surface area contributed by atoms with Gasteiger partial charge in [-0.3, -0.25) is 4.79 Å². The van der Waals surface area contributed by atoms with E-state index >= 15 is 0 Å². The molecule has 5 aromatic rings. The van der Waals surface area contributed by atoms with Gasteiger partial charge in [-0.2, -0.15) is 0 Å². The molecule has 5 heterocycles. The van der Waals surface area contributed by atoms with Crippen LogP contribution in [0.15, 0.2) is 54.9 Å². The number of nitrogens with one attached hydrogen (secondary N) is 1. The van der Waals surface area contributed by atoms with Crippen LogP contribution in [0.2, 0.25) is 0 Å². The fraction of sp³-hybridized carbons (Fsp3) is 0.259. The van der Waals surface area contributed by atoms with Gasteiger partial charge in [0.25, 0.3) is 0 Å². The van der Waals surface area contributed by atoms with Crippen LogP contribution in [0, 0.1) is 6.92 Å². The van der Waals surface area contributed by atoms with Crippen LogP contribution in [0.1, 0.15) is 12.0 Å². The Morgan fingerprint density at radius 3 is 2.76 bits per heavy atom. The molecule has 11 heteroatoms. The number of benzene rings is 2. The summed E-state index contributed by atoms with van der Waals surface area (Å²) in [5.74, 6) is 2.97. The van der Waals surface area contributed by atoms with Gasteiger partial charge in [0, 0.05) is 31.9 Å². The molecular weight excluding hydrogens is 482 g/mol. The summed E-state index contributed by atoms with van der Waals surface area (Å²) in [7, 11) is 1.86. The summed E-state index contributed by atoms with van der Waals surface area (Å²) < 4.78 is 7.87. The van der Waals surface area contributed by atoms with Gasteiger partial charge in [-0.25, -0.2) is 19.6 Å². The number of pyridine rings is 1. The molecule has 7 rings (SSSR count). The quantitative estimate of drug-likeness (QED) is 0.345. The maximum Gasteiger partial charge on any atom is 0.210 e. The molecule has 0 spiro atoms. The van der Waals surface area contributed by atoms with Crippen molar-refractivity contribution in [3.05, 3.63) is 60.4 Å². The van der Waals surface area contributed by atoms with Gasteiger partial charge < -0.3 is 19.9 Å². The molecule has 2 saturated heterocycles. The third-order valence-electron chi connectivity index (χ3n) is 7.43. The Hall–Kier alpha value is -4.80. The Morgan fingerprint density at radius 2 is 1.95 bits per heavy atom. The number of nitrogens with zero attached hydrogens (tertiary/aromatic N) is 8. The van der Waals surface area contributed by atoms with Crippen LogP contribution in [0.25, 0.3) is 22.1 Å². The molecule has 11 nitrogen and oxygen atoms in total. The fourth-order valence-electron chi connectivity index (χ4n) is 5.48. The van der Waals surface area contributed by atoms with E-state index in [9.17, 15) is 4.79 Å². The molecule has 3 aromatic heterocycles. The highest BCUT2D eigenvalue weighted by molar-refractivity contribution is 5.88. The summed E-state index contributed by atoms with van der Waals surface area (Å²) in [4.78, 5) is 29.3. The molecule has 0 aliphatic carbocycles. The van der Waals surface area contributed by atoms with Crippen molar-refractivity contribution in [3.63, 3.8) is 0 Å². The van der Waals surface area contributed by atoms with Gasteiger partial charge in [0.2, 0.25) is 6.41 Å². The second kappa shape index (κ2) is 8.65. The number of anilines is 3. The lowest BCUT2D eigenvalue weighted by atomic mass is 10.2. The lowest BCUT2D eigenvalue weighted by Gasteiger charge is -2.32. The molecule has 2 aromatic carbocycles. The van der Waals surface area contributed by atoms with Gasteiger partial charge in [-0.1, -0.05) is 5.21 Å². The normalized spacial score (nSPS) is 18.5. The molecule has 38 heavy (non-hydrogen) atoms. The molecule has 2 fully saturated rings. The number of likely N-dealkylation sites (tertiary alicyclic amines) is 1. The van der Waals surface area contributed by atoms with E-state index in [0.717, 1.165) is 65.3 Å². The minimum Gasteiger partial charge on any atom is -0.457 e. The number of aryl methyl sites for hydroxylation is 2. The molecule has 1 amide bonds. The predicted molar refractivity (Wildman–Crippen MR) is 143 cm³/mol. The molecule has 0 radical (unpaired) electrons. The summed E-state index contributed by atoms with van der Waals surface area (Å²) in [5.41, 5.74) is 5.03. The molecule has 2 unspecified atom stereocenters. The molecule has 1 N–H and O–H groups in total. The van der Waals surface area contributed by atoms with Gasteiger partial charge >= 0.3 is 0 Å². The SMILES string of the molecule is Cc1cc(Nc2ncnc3ccc(N4CC5CC4CN5C=O)nc23)ccc1Oc1ccc2c(c1)nnn2C. The first-order valence-electron chi connectivity index (χ1n) is 12.5. The van der Waals surface area contributed by atoms with Crippen LogP contribution in [0.4, 0.5) is 17.3 Å². The van der Waals surface area contributed by atoms with E-state index < -0.39 is 0 Å². The molecule has 2 atom stereocenters. The monoisotopic (exact) mass is 507 g/mol. The van der Waals surface area contributed by atoms with Crippen molar-refractivity contribution < 1.29 is 9.53 Å². The van der Waals surface area contributed by atoms with E-state index in [2.05, 4.69) is 30.5 Å². The zero-order valence-corrected chi connectivity index (χ0v) is 20.9. The van der Waals surface area contributed by atoms with Gasteiger partial charge in [-0.15, -0.1) is 5.10 Å². The zero-order valence-electron chi connectivity index (χ0n) is 20.9. The number of aromatic nitrogens is 6. The zero-order chi connectivity index (χ0) is 25.8. The Bertz CT molecular complexity index is 1700. The lowest BCUT2D eigenvalue weighted by molar-refractivity contribution is -0.119. The molecule has 2 aliphatic rings. The van der Waals surface area contributed by atoms with E-state index in [1.54, 1.807) is 11.0 Å². The number of amides is 1. The van der Waals surface area contributed by atoms with Crippen molar-refractivity contribution in [2.24, 2.45) is 7.05 Å². The number of rotatable bonds is 6. The molecular formula is C27H25N9O2. The first kappa shape index (κ1) is 22.4. The fourth-order valence-corrected chi connectivity index (χ4v) is 5.48. The molecule has 2 bridgehead atoms. The molecule has 2 aliphatic heterocycles. The summed E-state index contributed by atoms with van der Waals surface area (Å²) in [6, 6.07) is 16.2. The summed E-state index contributed by atoms with van der Waals surface area (Å²) >= 11 is 0. The smallest absolute Gasteiger partial charge is 0.210 e. The summed E-state index contributed by atoms with van der Waals surface area (Å²) in [6.07, 6.45) is 3.48. The molecule has 0 saturated carbocycles. The Morgan fingerprint density at radius 1 is 1.03 bits per heavy atom. The number of carbonyl (C=O) groups is 1. The van der Waals surface area contributed by atoms with Crippen molar-refractivity contribution in [1.29, 1.82) is 0 Å². The standard InChI is InChI=1S/C27H25N9O2/c1-16-9-17(3-7-24(16)38-20-4-6-23-22(11-20)32-33-34(23)2)30-27-26-21(28-14-29-27)5-8-25(31-26)36-13-18-10-19(36)12-35(18)15-37/h3-9,11,14-15,18-19H,10,12-13H2,1-2H3,(H,28,29,30). The van der Waals surface area contributed by atoms with Crippen molar-refractivity contribution in [3.8, 4) is 11.5 Å². The highest BCUT2D eigenvalue weighted by atomic mass is 16.5. The number of ether oxygens (including phenoxy) is 1. The van der Waals surface area contributed by atoms with E-state index in [1.807, 2.05) is 67.4 Å². The third kappa shape index (κ3) is 3.74. The first-order valence-corrected chi connectivity index (χ1v) is 12.5. The number of hydrogen-bond acceptors (Lipinski definition) is 9. The van der Waals surface area contributed by atoms with Crippen molar-refractivity contribution in [2.75, 3.05) is 23.3 Å². The maximum atomic E-state index is 11.3. The van der Waals surface area contributed by atoms with Crippen LogP contribution < -0.4 is 15.0 Å². The Labute approximate surface area is 218 Å². The maximum absolute atomic E-state index is 11.3. The van der Waals surface area contributed by atoms with Crippen LogP contribution in [0.5, 0.6) is 11.5 Å². The Balaban J connectivity index is 1.13. The van der Waals surface area contributed by atoms with E-state index in [4.69, 9.17) is 9.72 Å². The second-order valence-electron chi connectivity index (χ2n) is 9.83. The second-order valence-corrected chi connectivity index (χ2v) is 9.83. The van der Waals surface area contributed by atoms with Crippen LogP contribution in [-0.4, -0.2) is 66.4 Å². The molecule has 190 valence electrons.